The third-order valence-corrected chi connectivity index (χ3v) is 6.00. The Morgan fingerprint density at radius 2 is 1.55 bits per heavy atom. The summed E-state index contributed by atoms with van der Waals surface area (Å²) in [6.45, 7) is 9.36. The Balaban J connectivity index is 2.16. The summed E-state index contributed by atoms with van der Waals surface area (Å²) in [7, 11) is 0. The van der Waals surface area contributed by atoms with E-state index in [0.29, 0.717) is 12.8 Å². The fourth-order valence-electron chi connectivity index (χ4n) is 4.10. The summed E-state index contributed by atoms with van der Waals surface area (Å²) in [5.74, 6) is -1.84. The number of hydrogen-bond donors (Lipinski definition) is 3. The fraction of sp³-hybridized carbons (Fsp3) is 0.556. The van der Waals surface area contributed by atoms with E-state index in [1.165, 1.54) is 6.08 Å². The molecule has 11 nitrogen and oxygen atoms in total. The van der Waals surface area contributed by atoms with Crippen LogP contribution in [-0.2, 0) is 30.3 Å². The molecule has 2 rings (SSSR count). The smallest absolute Gasteiger partial charge is 0.330 e. The number of nitrogens with zero attached hydrogens (tertiary/aromatic N) is 3. The zero-order valence-corrected chi connectivity index (χ0v) is 22.6. The molecule has 0 radical (unpaired) electrons. The van der Waals surface area contributed by atoms with E-state index in [4.69, 9.17) is 10.3 Å². The van der Waals surface area contributed by atoms with E-state index < -0.39 is 54.0 Å². The average molecular weight is 527 g/mol. The highest BCUT2D eigenvalue weighted by molar-refractivity contribution is 5.93. The van der Waals surface area contributed by atoms with Gasteiger partial charge in [-0.2, -0.15) is 0 Å². The normalized spacial score (nSPS) is 19.1. The van der Waals surface area contributed by atoms with Gasteiger partial charge in [0.1, 0.15) is 24.2 Å². The molecule has 0 aromatic heterocycles. The molecular weight excluding hydrogens is 488 g/mol. The van der Waals surface area contributed by atoms with Crippen LogP contribution in [0.25, 0.3) is 10.4 Å². The first-order valence-electron chi connectivity index (χ1n) is 12.9. The molecule has 0 spiro atoms. The van der Waals surface area contributed by atoms with Crippen molar-refractivity contribution < 1.29 is 23.9 Å². The van der Waals surface area contributed by atoms with Gasteiger partial charge >= 0.3 is 5.97 Å². The van der Waals surface area contributed by atoms with Crippen molar-refractivity contribution in [1.82, 2.24) is 16.0 Å². The van der Waals surface area contributed by atoms with Crippen LogP contribution in [0.15, 0.2) is 47.6 Å². The number of carbonyl (C=O) groups is 4. The number of hydrogen-bond acceptors (Lipinski definition) is 6. The van der Waals surface area contributed by atoms with Crippen LogP contribution in [0.5, 0.6) is 0 Å². The zero-order chi connectivity index (χ0) is 28.2. The van der Waals surface area contributed by atoms with Crippen molar-refractivity contribution in [3.8, 4) is 0 Å². The summed E-state index contributed by atoms with van der Waals surface area (Å²) in [6, 6.07) is 5.76. The lowest BCUT2D eigenvalue weighted by molar-refractivity contribution is -0.145. The third-order valence-electron chi connectivity index (χ3n) is 6.00. The van der Waals surface area contributed by atoms with Crippen molar-refractivity contribution in [2.45, 2.75) is 84.2 Å². The maximum absolute atomic E-state index is 13.4. The van der Waals surface area contributed by atoms with E-state index in [0.717, 1.165) is 5.56 Å². The molecule has 0 saturated carbocycles. The van der Waals surface area contributed by atoms with Gasteiger partial charge in [0.05, 0.1) is 6.04 Å². The maximum atomic E-state index is 13.4. The van der Waals surface area contributed by atoms with Gasteiger partial charge in [-0.25, -0.2) is 4.79 Å². The number of carbonyl (C=O) groups excluding carboxylic acids is 4. The molecule has 1 aliphatic rings. The summed E-state index contributed by atoms with van der Waals surface area (Å²) >= 11 is 0. The lowest BCUT2D eigenvalue weighted by atomic mass is 9.99. The van der Waals surface area contributed by atoms with E-state index in [1.807, 2.05) is 58.0 Å². The van der Waals surface area contributed by atoms with Gasteiger partial charge in [0.15, 0.2) is 0 Å². The summed E-state index contributed by atoms with van der Waals surface area (Å²) in [5, 5.41) is 12.0. The van der Waals surface area contributed by atoms with Gasteiger partial charge < -0.3 is 20.7 Å². The van der Waals surface area contributed by atoms with Crippen LogP contribution in [0.3, 0.4) is 0 Å². The van der Waals surface area contributed by atoms with Crippen LogP contribution in [0, 0.1) is 11.8 Å². The first-order valence-corrected chi connectivity index (χ1v) is 12.9. The molecule has 3 N–H and O–H groups in total. The highest BCUT2D eigenvalue weighted by atomic mass is 16.5. The topological polar surface area (TPSA) is 162 Å². The molecule has 1 aromatic carbocycles. The molecule has 0 fully saturated rings. The predicted octanol–water partition coefficient (Wildman–Crippen LogP) is 2.96. The quantitative estimate of drug-likeness (QED) is 0.155. The van der Waals surface area contributed by atoms with E-state index in [-0.39, 0.29) is 18.3 Å². The Kier molecular flexibility index (Phi) is 11.8. The SMILES string of the molecule is CC(C)C[C@H](NC(=O)[C@H](Cc1ccccc1)N=[N+]=[N-])C(=O)N[C@@H](CC(C)C)C(=O)N[C@@H]1C=CC(=O)O[C@@H]1C. The van der Waals surface area contributed by atoms with Crippen molar-refractivity contribution >= 4 is 23.7 Å². The van der Waals surface area contributed by atoms with Crippen molar-refractivity contribution in [3.63, 3.8) is 0 Å². The molecule has 0 aliphatic carbocycles. The minimum absolute atomic E-state index is 0.0541. The van der Waals surface area contributed by atoms with Gasteiger partial charge in [-0.1, -0.05) is 69.2 Å². The summed E-state index contributed by atoms with van der Waals surface area (Å²) in [4.78, 5) is 53.8. The van der Waals surface area contributed by atoms with Gasteiger partial charge in [0.2, 0.25) is 17.7 Å². The van der Waals surface area contributed by atoms with E-state index >= 15 is 0 Å². The first kappa shape index (κ1) is 30.4. The summed E-state index contributed by atoms with van der Waals surface area (Å²) in [5.41, 5.74) is 9.82. The Morgan fingerprint density at radius 1 is 0.974 bits per heavy atom. The summed E-state index contributed by atoms with van der Waals surface area (Å²) in [6.07, 6.45) is 3.13. The predicted molar refractivity (Wildman–Crippen MR) is 142 cm³/mol. The molecule has 38 heavy (non-hydrogen) atoms. The van der Waals surface area contributed by atoms with Gasteiger partial charge in [-0.3, -0.25) is 14.4 Å². The molecule has 1 aliphatic heterocycles. The number of ether oxygens (including phenoxy) is 1. The van der Waals surface area contributed by atoms with Gasteiger partial charge in [0.25, 0.3) is 0 Å². The number of amides is 3. The second kappa shape index (κ2) is 14.8. The first-order chi connectivity index (χ1) is 18.0. The molecule has 0 unspecified atom stereocenters. The number of cyclic esters (lactones) is 1. The Bertz CT molecular complexity index is 1050. The monoisotopic (exact) mass is 526 g/mol. The molecule has 206 valence electrons. The second-order valence-corrected chi connectivity index (χ2v) is 10.3. The third kappa shape index (κ3) is 9.89. The highest BCUT2D eigenvalue weighted by Crippen LogP contribution is 2.13. The van der Waals surface area contributed by atoms with Gasteiger partial charge in [-0.15, -0.1) is 0 Å². The largest absolute Gasteiger partial charge is 0.457 e. The van der Waals surface area contributed by atoms with Gasteiger partial charge in [-0.05, 0) is 49.1 Å². The van der Waals surface area contributed by atoms with Crippen molar-refractivity contribution in [3.05, 3.63) is 58.5 Å². The van der Waals surface area contributed by atoms with Gasteiger partial charge in [0, 0.05) is 11.0 Å². The average Bonchev–Trinajstić information content (AvgIpc) is 2.84. The number of esters is 1. The molecule has 0 saturated heterocycles. The molecule has 5 atom stereocenters. The number of benzene rings is 1. The molecule has 0 bridgehead atoms. The van der Waals surface area contributed by atoms with Crippen LogP contribution in [-0.4, -0.2) is 54.0 Å². The minimum Gasteiger partial charge on any atom is -0.457 e. The van der Waals surface area contributed by atoms with Crippen LogP contribution in [0.4, 0.5) is 0 Å². The molecule has 11 heteroatoms. The summed E-state index contributed by atoms with van der Waals surface area (Å²) < 4.78 is 5.14. The number of azide groups is 1. The molecule has 3 amide bonds. The molecule has 1 heterocycles. The van der Waals surface area contributed by atoms with E-state index in [9.17, 15) is 19.2 Å². The lowest BCUT2D eigenvalue weighted by Gasteiger charge is -2.29. The van der Waals surface area contributed by atoms with Crippen LogP contribution >= 0.6 is 0 Å². The van der Waals surface area contributed by atoms with Crippen molar-refractivity contribution in [2.75, 3.05) is 0 Å². The number of rotatable bonds is 13. The maximum Gasteiger partial charge on any atom is 0.330 e. The Hall–Kier alpha value is -3.85. The molecule has 1 aromatic rings. The van der Waals surface area contributed by atoms with Crippen molar-refractivity contribution in [2.24, 2.45) is 17.0 Å². The van der Waals surface area contributed by atoms with Crippen LogP contribution < -0.4 is 16.0 Å². The number of nitrogens with one attached hydrogen (secondary N) is 3. The zero-order valence-electron chi connectivity index (χ0n) is 22.6. The van der Waals surface area contributed by atoms with Crippen LogP contribution in [0.2, 0.25) is 0 Å². The molecular formula is C27H38N6O5. The van der Waals surface area contributed by atoms with Crippen LogP contribution in [0.1, 0.15) is 53.0 Å². The second-order valence-electron chi connectivity index (χ2n) is 10.3. The van der Waals surface area contributed by atoms with E-state index in [1.54, 1.807) is 13.0 Å². The minimum atomic E-state index is -1.04. The Morgan fingerprint density at radius 3 is 2.11 bits per heavy atom. The Labute approximate surface area is 223 Å². The standard InChI is InChI=1S/C27H38N6O5/c1-16(2)13-21(25(35)29-20-11-12-24(34)38-18(20)5)30-26(36)22(14-17(3)4)31-27(37)23(32-33-28)15-19-9-7-6-8-10-19/h6-12,16-18,20-23H,13-15H2,1-5H3,(H,29,35)(H,30,36)(H,31,37)/t18-,20-,21+,22+,23+/m1/s1. The van der Waals surface area contributed by atoms with E-state index in [2.05, 4.69) is 26.0 Å². The van der Waals surface area contributed by atoms with Crippen molar-refractivity contribution in [1.29, 1.82) is 0 Å². The highest BCUT2D eigenvalue weighted by Gasteiger charge is 2.32. The lowest BCUT2D eigenvalue weighted by Crippen LogP contribution is -2.57. The fourth-order valence-corrected chi connectivity index (χ4v) is 4.10.